The molecule has 8 rings (SSSR count). The SMILES string of the molecule is CCN(C)S(=O)(=O)Nc1ccc(F)c(Oc2ccc3c(c2)c(=O)ncn3-c2cnn(C3CCN(C(=O)CN4CCC(c5ccc(NC6CCC(=O)NC6=O)c(F)c5)CC4)CC3)c2)c1C#N. The number of imide groups is 1. The van der Waals surface area contributed by atoms with Crippen molar-refractivity contribution < 1.29 is 36.3 Å². The second-order valence-corrected chi connectivity index (χ2v) is 18.1. The Morgan fingerprint density at radius 3 is 2.45 bits per heavy atom. The van der Waals surface area contributed by atoms with Crippen LogP contribution in [0.25, 0.3) is 16.6 Å². The highest BCUT2D eigenvalue weighted by Crippen LogP contribution is 2.35. The molecule has 3 aromatic carbocycles. The van der Waals surface area contributed by atoms with Gasteiger partial charge < -0.3 is 15.0 Å². The van der Waals surface area contributed by atoms with Crippen LogP contribution >= 0.6 is 0 Å². The van der Waals surface area contributed by atoms with Gasteiger partial charge in [0.25, 0.3) is 5.56 Å². The van der Waals surface area contributed by atoms with Gasteiger partial charge in [-0.15, -0.1) is 0 Å². The van der Waals surface area contributed by atoms with E-state index in [1.54, 1.807) is 29.8 Å². The number of nitriles is 1. The fourth-order valence-corrected chi connectivity index (χ4v) is 9.38. The molecule has 65 heavy (non-hydrogen) atoms. The molecule has 5 aromatic rings. The average Bonchev–Trinajstić information content (AvgIpc) is 3.79. The molecule has 3 amide bonds. The van der Waals surface area contributed by atoms with Gasteiger partial charge in [-0.05, 0) is 99.1 Å². The molecule has 1 unspecified atom stereocenters. The Bertz CT molecular complexity index is 2870. The molecule has 18 nitrogen and oxygen atoms in total. The standard InChI is InChI=1S/C44H47F2N11O7S/c1-3-53(2)65(62,63)52-36-8-6-34(45)42(33(36)22-47)64-31-5-10-39-32(21-31)43(60)48-26-56(39)30-23-49-57(24-30)29-14-18-55(19-15-29)41(59)25-54-16-12-27(13-17-54)28-4-7-37(35(46)20-28)50-38-9-11-40(58)51-44(38)61/h4-8,10,20-21,23-24,26-27,29,38,50,52H,3,9,11-19,25H2,1-2H3,(H,51,58,61). The molecule has 0 bridgehead atoms. The van der Waals surface area contributed by atoms with Crippen LogP contribution < -0.4 is 25.7 Å². The van der Waals surface area contributed by atoms with Crippen LogP contribution in [0.4, 0.5) is 20.2 Å². The Morgan fingerprint density at radius 1 is 0.985 bits per heavy atom. The Morgan fingerprint density at radius 2 is 1.74 bits per heavy atom. The topological polar surface area (TPSA) is 217 Å². The summed E-state index contributed by atoms with van der Waals surface area (Å²) >= 11 is 0. The van der Waals surface area contributed by atoms with Crippen molar-refractivity contribution in [3.05, 3.63) is 100 Å². The molecule has 0 aliphatic carbocycles. The zero-order chi connectivity index (χ0) is 46.0. The molecule has 0 saturated carbocycles. The Balaban J connectivity index is 0.855. The molecule has 340 valence electrons. The van der Waals surface area contributed by atoms with Crippen molar-refractivity contribution in [2.75, 3.05) is 56.4 Å². The summed E-state index contributed by atoms with van der Waals surface area (Å²) in [5, 5.41) is 19.8. The maximum absolute atomic E-state index is 15.1. The lowest BCUT2D eigenvalue weighted by Gasteiger charge is -2.36. The quantitative estimate of drug-likeness (QED) is 0.140. The minimum atomic E-state index is -4.04. The summed E-state index contributed by atoms with van der Waals surface area (Å²) in [6.45, 7) is 4.58. The lowest BCUT2D eigenvalue weighted by molar-refractivity contribution is -0.135. The van der Waals surface area contributed by atoms with Crippen molar-refractivity contribution in [2.45, 2.75) is 63.5 Å². The van der Waals surface area contributed by atoms with Crippen LogP contribution in [-0.4, -0.2) is 112 Å². The summed E-state index contributed by atoms with van der Waals surface area (Å²) in [7, 11) is -2.69. The van der Waals surface area contributed by atoms with E-state index in [-0.39, 0.29) is 64.8 Å². The second-order valence-electron chi connectivity index (χ2n) is 16.4. The number of hydrogen-bond donors (Lipinski definition) is 3. The van der Waals surface area contributed by atoms with E-state index in [1.165, 1.54) is 31.6 Å². The third-order valence-corrected chi connectivity index (χ3v) is 13.9. The van der Waals surface area contributed by atoms with Crippen molar-refractivity contribution in [1.82, 2.24) is 38.8 Å². The van der Waals surface area contributed by atoms with Gasteiger partial charge in [-0.1, -0.05) is 13.0 Å². The van der Waals surface area contributed by atoms with Crippen LogP contribution in [0.5, 0.6) is 11.5 Å². The van der Waals surface area contributed by atoms with E-state index in [0.29, 0.717) is 63.2 Å². The van der Waals surface area contributed by atoms with Crippen molar-refractivity contribution in [3.8, 4) is 23.3 Å². The highest BCUT2D eigenvalue weighted by atomic mass is 32.2. The maximum atomic E-state index is 15.1. The van der Waals surface area contributed by atoms with Crippen LogP contribution in [0.3, 0.4) is 0 Å². The molecule has 3 fully saturated rings. The van der Waals surface area contributed by atoms with Crippen LogP contribution in [-0.2, 0) is 24.6 Å². The first-order valence-corrected chi connectivity index (χ1v) is 22.8. The first kappa shape index (κ1) is 44.8. The summed E-state index contributed by atoms with van der Waals surface area (Å²) in [5.41, 5.74) is 1.02. The number of hydrogen-bond acceptors (Lipinski definition) is 12. The van der Waals surface area contributed by atoms with E-state index in [4.69, 9.17) is 4.74 Å². The smallest absolute Gasteiger partial charge is 0.301 e. The number of ether oxygens (including phenoxy) is 1. The number of anilines is 2. The van der Waals surface area contributed by atoms with Crippen LogP contribution in [0.2, 0.25) is 0 Å². The molecule has 5 heterocycles. The number of fused-ring (bicyclic) bond motifs is 1. The summed E-state index contributed by atoms with van der Waals surface area (Å²) in [6, 6.07) is 12.7. The Hall–Kier alpha value is -6.76. The van der Waals surface area contributed by atoms with Gasteiger partial charge in [0.05, 0.1) is 46.7 Å². The van der Waals surface area contributed by atoms with Gasteiger partial charge in [0.15, 0.2) is 11.6 Å². The number of likely N-dealkylation sites (tertiary alicyclic amines) is 2. The average molecular weight is 912 g/mol. The molecular formula is C44H47F2N11O7S. The normalized spacial score (nSPS) is 17.8. The second kappa shape index (κ2) is 18.8. The van der Waals surface area contributed by atoms with Gasteiger partial charge in [0, 0.05) is 39.3 Å². The van der Waals surface area contributed by atoms with E-state index in [1.807, 2.05) is 27.9 Å². The number of aromatic nitrogens is 4. The Kier molecular flexibility index (Phi) is 12.9. The number of halogens is 2. The van der Waals surface area contributed by atoms with Crippen LogP contribution in [0.1, 0.15) is 68.5 Å². The summed E-state index contributed by atoms with van der Waals surface area (Å²) in [4.78, 5) is 58.0. The fourth-order valence-electron chi connectivity index (χ4n) is 8.43. The zero-order valence-electron chi connectivity index (χ0n) is 35.7. The van der Waals surface area contributed by atoms with Crippen LogP contribution in [0.15, 0.2) is 72.0 Å². The van der Waals surface area contributed by atoms with E-state index < -0.39 is 45.1 Å². The van der Waals surface area contributed by atoms with Gasteiger partial charge in [0.2, 0.25) is 17.7 Å². The van der Waals surface area contributed by atoms with Gasteiger partial charge in [-0.2, -0.15) is 28.1 Å². The number of rotatable bonds is 13. The van der Waals surface area contributed by atoms with Crippen molar-refractivity contribution in [1.29, 1.82) is 5.26 Å². The van der Waals surface area contributed by atoms with Crippen molar-refractivity contribution in [2.24, 2.45) is 0 Å². The third-order valence-electron chi connectivity index (χ3n) is 12.3. The highest BCUT2D eigenvalue weighted by molar-refractivity contribution is 7.90. The molecule has 0 spiro atoms. The molecule has 3 saturated heterocycles. The summed E-state index contributed by atoms with van der Waals surface area (Å²) in [6.07, 6.45) is 8.27. The zero-order valence-corrected chi connectivity index (χ0v) is 36.5. The number of benzene rings is 3. The molecule has 2 aromatic heterocycles. The fraction of sp³-hybridized carbons (Fsp3) is 0.386. The maximum Gasteiger partial charge on any atom is 0.301 e. The predicted octanol–water partition coefficient (Wildman–Crippen LogP) is 4.39. The van der Waals surface area contributed by atoms with E-state index in [2.05, 4.69) is 30.3 Å². The van der Waals surface area contributed by atoms with Crippen LogP contribution in [0, 0.1) is 23.0 Å². The lowest BCUT2D eigenvalue weighted by atomic mass is 9.89. The molecule has 3 aliphatic rings. The lowest BCUT2D eigenvalue weighted by Crippen LogP contribution is -2.47. The largest absolute Gasteiger partial charge is 0.453 e. The summed E-state index contributed by atoms with van der Waals surface area (Å²) in [5.74, 6) is -2.48. The number of amides is 3. The van der Waals surface area contributed by atoms with Crippen molar-refractivity contribution >= 4 is 50.2 Å². The first-order chi connectivity index (χ1) is 31.2. The predicted molar refractivity (Wildman–Crippen MR) is 235 cm³/mol. The van der Waals surface area contributed by atoms with Gasteiger partial charge >= 0.3 is 10.2 Å². The van der Waals surface area contributed by atoms with E-state index >= 15 is 8.78 Å². The van der Waals surface area contributed by atoms with Gasteiger partial charge in [0.1, 0.15) is 35.6 Å². The van der Waals surface area contributed by atoms with E-state index in [0.717, 1.165) is 34.8 Å². The van der Waals surface area contributed by atoms with E-state index in [9.17, 15) is 32.9 Å². The van der Waals surface area contributed by atoms with Crippen molar-refractivity contribution in [3.63, 3.8) is 0 Å². The molecule has 21 heteroatoms. The Labute approximate surface area is 372 Å². The summed E-state index contributed by atoms with van der Waals surface area (Å²) < 4.78 is 68.1. The number of piperidine rings is 3. The number of carbonyl (C=O) groups excluding carboxylic acids is 3. The first-order valence-electron chi connectivity index (χ1n) is 21.3. The molecule has 0 radical (unpaired) electrons. The number of nitrogens with one attached hydrogen (secondary N) is 3. The monoisotopic (exact) mass is 911 g/mol. The van der Waals surface area contributed by atoms with Gasteiger partial charge in [-0.3, -0.25) is 43.4 Å². The highest BCUT2D eigenvalue weighted by Gasteiger charge is 2.30. The third kappa shape index (κ3) is 9.69. The number of carbonyl (C=O) groups is 3. The molecular weight excluding hydrogens is 865 g/mol. The number of nitrogens with zero attached hydrogens (tertiary/aromatic N) is 8. The minimum Gasteiger partial charge on any atom is -0.453 e. The molecule has 3 N–H and O–H groups in total. The molecule has 1 atom stereocenters. The van der Waals surface area contributed by atoms with Gasteiger partial charge in [-0.25, -0.2) is 8.78 Å². The minimum absolute atomic E-state index is 0.0126. The molecule has 3 aliphatic heterocycles.